The van der Waals surface area contributed by atoms with Crippen LogP contribution in [0.1, 0.15) is 17.3 Å². The second-order valence-corrected chi connectivity index (χ2v) is 4.07. The zero-order valence-corrected chi connectivity index (χ0v) is 9.60. The third-order valence-electron chi connectivity index (χ3n) is 3.15. The first-order valence-corrected chi connectivity index (χ1v) is 5.73. The highest BCUT2D eigenvalue weighted by atomic mass is 16.1. The fourth-order valence-corrected chi connectivity index (χ4v) is 2.39. The van der Waals surface area contributed by atoms with Crippen molar-refractivity contribution in [3.63, 3.8) is 0 Å². The summed E-state index contributed by atoms with van der Waals surface area (Å²) in [6.45, 7) is 3.02. The summed E-state index contributed by atoms with van der Waals surface area (Å²) >= 11 is 0. The number of carbonyl (C=O) groups is 1. The fourth-order valence-electron chi connectivity index (χ4n) is 2.39. The Morgan fingerprint density at radius 2 is 2.12 bits per heavy atom. The maximum Gasteiger partial charge on any atom is 0.150 e. The zero-order valence-electron chi connectivity index (χ0n) is 9.60. The topological polar surface area (TPSA) is 22.0 Å². The summed E-state index contributed by atoms with van der Waals surface area (Å²) in [4.78, 5) is 10.8. The number of aldehydes is 1. The van der Waals surface area contributed by atoms with Crippen molar-refractivity contribution in [1.29, 1.82) is 0 Å². The lowest BCUT2D eigenvalue weighted by Gasteiger charge is -2.01. The molecule has 0 spiro atoms. The molecule has 1 aromatic heterocycles. The molecule has 1 radical (unpaired) electrons. The molecule has 0 aliphatic heterocycles. The van der Waals surface area contributed by atoms with Crippen molar-refractivity contribution in [3.8, 4) is 0 Å². The van der Waals surface area contributed by atoms with Gasteiger partial charge < -0.3 is 4.57 Å². The Bertz CT molecular complexity index is 709. The third-order valence-corrected chi connectivity index (χ3v) is 3.15. The summed E-state index contributed by atoms with van der Waals surface area (Å²) in [6.07, 6.45) is 0.869. The number of rotatable bonds is 2. The van der Waals surface area contributed by atoms with Crippen LogP contribution in [0.3, 0.4) is 0 Å². The average molecular weight is 222 g/mol. The minimum Gasteiger partial charge on any atom is -0.340 e. The molecule has 0 aliphatic carbocycles. The maximum absolute atomic E-state index is 10.8. The van der Waals surface area contributed by atoms with E-state index in [1.807, 2.05) is 18.2 Å². The molecular formula is C15H12NO. The van der Waals surface area contributed by atoms with E-state index >= 15 is 0 Å². The van der Waals surface area contributed by atoms with E-state index in [0.717, 1.165) is 23.7 Å². The first kappa shape index (κ1) is 10.1. The predicted octanol–water partition coefficient (Wildman–Crippen LogP) is 3.43. The number of fused-ring (bicyclic) bond motifs is 3. The van der Waals surface area contributed by atoms with Crippen LogP contribution in [0.15, 0.2) is 36.4 Å². The van der Waals surface area contributed by atoms with E-state index in [1.54, 1.807) is 6.07 Å². The molecule has 0 aliphatic rings. The first-order valence-electron chi connectivity index (χ1n) is 5.73. The smallest absolute Gasteiger partial charge is 0.150 e. The van der Waals surface area contributed by atoms with Crippen LogP contribution in [0.4, 0.5) is 0 Å². The number of carbonyl (C=O) groups excluding carboxylic acids is 1. The van der Waals surface area contributed by atoms with E-state index in [0.29, 0.717) is 5.56 Å². The Morgan fingerprint density at radius 3 is 2.88 bits per heavy atom. The molecule has 2 aromatic carbocycles. The number of hydrogen-bond donors (Lipinski definition) is 0. The van der Waals surface area contributed by atoms with E-state index in [2.05, 4.69) is 29.7 Å². The highest BCUT2D eigenvalue weighted by molar-refractivity contribution is 6.09. The van der Waals surface area contributed by atoms with Crippen molar-refractivity contribution in [1.82, 2.24) is 4.57 Å². The zero-order chi connectivity index (χ0) is 11.8. The van der Waals surface area contributed by atoms with Crippen molar-refractivity contribution in [2.75, 3.05) is 0 Å². The lowest BCUT2D eigenvalue weighted by atomic mass is 10.1. The molecule has 2 heteroatoms. The molecule has 0 N–H and O–H groups in total. The number of para-hydroxylation sites is 1. The van der Waals surface area contributed by atoms with Gasteiger partial charge in [0.25, 0.3) is 0 Å². The SMILES string of the molecule is CCn1c2[c]cc(C=O)cc2c2ccccc21. The van der Waals surface area contributed by atoms with Gasteiger partial charge in [-0.3, -0.25) is 4.79 Å². The van der Waals surface area contributed by atoms with Gasteiger partial charge in [-0.05, 0) is 25.1 Å². The lowest BCUT2D eigenvalue weighted by Crippen LogP contribution is -1.92. The van der Waals surface area contributed by atoms with Gasteiger partial charge in [-0.25, -0.2) is 0 Å². The van der Waals surface area contributed by atoms with Crippen molar-refractivity contribution >= 4 is 28.1 Å². The van der Waals surface area contributed by atoms with Crippen LogP contribution >= 0.6 is 0 Å². The Hall–Kier alpha value is -2.09. The summed E-state index contributed by atoms with van der Waals surface area (Å²) in [6, 6.07) is 15.2. The molecule has 0 bridgehead atoms. The molecule has 83 valence electrons. The third kappa shape index (κ3) is 1.37. The average Bonchev–Trinajstić information content (AvgIpc) is 2.71. The summed E-state index contributed by atoms with van der Waals surface area (Å²) in [5, 5.41) is 2.29. The van der Waals surface area contributed by atoms with Crippen LogP contribution in [-0.2, 0) is 6.54 Å². The number of hydrogen-bond acceptors (Lipinski definition) is 1. The number of aromatic nitrogens is 1. The molecule has 0 atom stereocenters. The quantitative estimate of drug-likeness (QED) is 0.609. The van der Waals surface area contributed by atoms with Gasteiger partial charge in [-0.15, -0.1) is 0 Å². The Balaban J connectivity index is 2.53. The normalized spacial score (nSPS) is 11.1. The second kappa shape index (κ2) is 3.74. The molecule has 0 fully saturated rings. The van der Waals surface area contributed by atoms with Crippen molar-refractivity contribution in [2.45, 2.75) is 13.5 Å². The van der Waals surface area contributed by atoms with Gasteiger partial charge in [0.05, 0.1) is 5.52 Å². The van der Waals surface area contributed by atoms with Gasteiger partial charge >= 0.3 is 0 Å². The van der Waals surface area contributed by atoms with E-state index < -0.39 is 0 Å². The monoisotopic (exact) mass is 222 g/mol. The molecule has 2 nitrogen and oxygen atoms in total. The van der Waals surface area contributed by atoms with Crippen LogP contribution in [0.25, 0.3) is 21.8 Å². The Kier molecular flexibility index (Phi) is 2.22. The van der Waals surface area contributed by atoms with E-state index in [4.69, 9.17) is 0 Å². The van der Waals surface area contributed by atoms with E-state index in [-0.39, 0.29) is 0 Å². The Labute approximate surface area is 99.5 Å². The largest absolute Gasteiger partial charge is 0.340 e. The van der Waals surface area contributed by atoms with Gasteiger partial charge in [0, 0.05) is 34.5 Å². The molecule has 1 heterocycles. The van der Waals surface area contributed by atoms with Gasteiger partial charge in [-0.1, -0.05) is 18.2 Å². The van der Waals surface area contributed by atoms with Crippen LogP contribution in [-0.4, -0.2) is 10.9 Å². The van der Waals surface area contributed by atoms with Crippen molar-refractivity contribution < 1.29 is 4.79 Å². The van der Waals surface area contributed by atoms with Crippen LogP contribution in [0.5, 0.6) is 0 Å². The van der Waals surface area contributed by atoms with Crippen LogP contribution in [0, 0.1) is 6.07 Å². The number of nitrogens with zero attached hydrogens (tertiary/aromatic N) is 1. The molecule has 3 rings (SSSR count). The molecule has 17 heavy (non-hydrogen) atoms. The van der Waals surface area contributed by atoms with Crippen LogP contribution < -0.4 is 0 Å². The molecule has 0 saturated carbocycles. The number of benzene rings is 2. The van der Waals surface area contributed by atoms with Crippen LogP contribution in [0.2, 0.25) is 0 Å². The Morgan fingerprint density at radius 1 is 1.29 bits per heavy atom. The lowest BCUT2D eigenvalue weighted by molar-refractivity contribution is 0.112. The summed E-state index contributed by atoms with van der Waals surface area (Å²) < 4.78 is 2.22. The maximum atomic E-state index is 10.8. The highest BCUT2D eigenvalue weighted by Crippen LogP contribution is 2.28. The fraction of sp³-hybridized carbons (Fsp3) is 0.133. The van der Waals surface area contributed by atoms with E-state index in [1.165, 1.54) is 10.9 Å². The summed E-state index contributed by atoms with van der Waals surface area (Å²) in [5.74, 6) is 0. The molecule has 3 aromatic rings. The standard InChI is InChI=1S/C15H12NO/c1-2-16-14-6-4-3-5-12(14)13-9-11(10-17)7-8-15(13)16/h3-7,9-10H,2H2,1H3. The molecule has 0 amide bonds. The van der Waals surface area contributed by atoms with Gasteiger partial charge in [0.2, 0.25) is 0 Å². The highest BCUT2D eigenvalue weighted by Gasteiger charge is 2.09. The van der Waals surface area contributed by atoms with Crippen molar-refractivity contribution in [2.24, 2.45) is 0 Å². The van der Waals surface area contributed by atoms with E-state index in [9.17, 15) is 4.79 Å². The van der Waals surface area contributed by atoms with Gasteiger partial charge in [0.1, 0.15) is 6.29 Å². The molecule has 0 saturated heterocycles. The summed E-state index contributed by atoms with van der Waals surface area (Å²) in [5.41, 5.74) is 2.94. The second-order valence-electron chi connectivity index (χ2n) is 4.07. The minimum atomic E-state index is 0.677. The first-order chi connectivity index (χ1) is 8.35. The predicted molar refractivity (Wildman–Crippen MR) is 69.3 cm³/mol. The molecule has 0 unspecified atom stereocenters. The number of aryl methyl sites for hydroxylation is 1. The van der Waals surface area contributed by atoms with Gasteiger partial charge in [-0.2, -0.15) is 0 Å². The summed E-state index contributed by atoms with van der Waals surface area (Å²) in [7, 11) is 0. The molecular weight excluding hydrogens is 210 g/mol. The van der Waals surface area contributed by atoms with Crippen molar-refractivity contribution in [3.05, 3.63) is 48.0 Å². The van der Waals surface area contributed by atoms with Gasteiger partial charge in [0.15, 0.2) is 0 Å². The minimum absolute atomic E-state index is 0.677.